The summed E-state index contributed by atoms with van der Waals surface area (Å²) in [7, 11) is 3.45. The van der Waals surface area contributed by atoms with Gasteiger partial charge in [-0.05, 0) is 86.9 Å². The van der Waals surface area contributed by atoms with E-state index in [0.29, 0.717) is 48.2 Å². The Morgan fingerprint density at radius 3 is 2.71 bits per heavy atom. The summed E-state index contributed by atoms with van der Waals surface area (Å²) in [4.78, 5) is 29.1. The fourth-order valence-electron chi connectivity index (χ4n) is 8.05. The maximum Gasteiger partial charge on any atom is 0.170 e. The number of aryl methyl sites for hydroxylation is 1. The van der Waals surface area contributed by atoms with E-state index in [2.05, 4.69) is 15.6 Å². The molecule has 8 N–H and O–H groups in total. The lowest BCUT2D eigenvalue weighted by Crippen LogP contribution is -2.40. The smallest absolute Gasteiger partial charge is 0.170 e. The molecule has 2 aromatic rings. The van der Waals surface area contributed by atoms with E-state index in [1.165, 1.54) is 26.4 Å². The zero-order valence-corrected chi connectivity index (χ0v) is 28.3. The van der Waals surface area contributed by atoms with Gasteiger partial charge in [-0.25, -0.2) is 0 Å². The van der Waals surface area contributed by atoms with Gasteiger partial charge in [-0.15, -0.1) is 0 Å². The minimum absolute atomic E-state index is 0.0441. The summed E-state index contributed by atoms with van der Waals surface area (Å²) in [5, 5.41) is 39.6. The molecule has 0 saturated heterocycles. The van der Waals surface area contributed by atoms with Crippen LogP contribution in [0, 0.1) is 17.3 Å². The molecule has 1 aromatic carbocycles. The molecule has 0 bridgehead atoms. The van der Waals surface area contributed by atoms with E-state index in [1.54, 1.807) is 6.07 Å². The van der Waals surface area contributed by atoms with Crippen LogP contribution in [0.3, 0.4) is 0 Å². The van der Waals surface area contributed by atoms with Gasteiger partial charge in [-0.1, -0.05) is 43.6 Å². The highest BCUT2D eigenvalue weighted by atomic mass is 16.5. The number of H-pyrrole nitrogens is 1. The quantitative estimate of drug-likeness (QED) is 0.132. The lowest BCUT2D eigenvalue weighted by atomic mass is 9.61. The molecule has 2 aliphatic carbocycles. The molecule has 1 aromatic heterocycles. The van der Waals surface area contributed by atoms with Crippen LogP contribution in [0.25, 0.3) is 0 Å². The molecule has 1 saturated carbocycles. The van der Waals surface area contributed by atoms with Gasteiger partial charge in [-0.2, -0.15) is 0 Å². The number of carbonyl (C=O) groups is 2. The Balaban J connectivity index is 1.31. The summed E-state index contributed by atoms with van der Waals surface area (Å²) < 4.78 is 5.59. The standard InChI is InChI=1S/C38H52N4O6/c1-40-22-26-8-3-6-24(18-26)7-4-10-31(44)36(47)32(45)12-11-25-19-30(35(46)33(20-25)48-2)34-28-14-17-42-37(39)29(28)13-15-38(34,23-43)21-27-9-5-16-41-27/h5,9,13-16,19-20,24,26,34,36,40-43,46-47H,3-4,6-8,10-12,17-18,21-23,39H2,1-2H3/t24-,26+,34+,36+,38+/m1/s1. The van der Waals surface area contributed by atoms with Crippen LogP contribution in [0.4, 0.5) is 0 Å². The number of phenolic OH excluding ortho intramolecular Hbond substituents is 1. The minimum Gasteiger partial charge on any atom is -0.504 e. The first-order chi connectivity index (χ1) is 23.2. The highest BCUT2D eigenvalue weighted by molar-refractivity contribution is 6.05. The highest BCUT2D eigenvalue weighted by Crippen LogP contribution is 2.54. The third-order valence-electron chi connectivity index (χ3n) is 10.5. The maximum absolute atomic E-state index is 13.1. The molecule has 3 aliphatic rings. The SMILES string of the molecule is CNC[C@H]1CCC[C@H](CCCC(=O)[C@H](O)C(=O)CCc2cc(OC)c(O)c([C@@H]3C4=CCNC(N)=C4C=C[C@@]3(CO)Cc3ccc[nH]3)c2)C1. The van der Waals surface area contributed by atoms with Crippen molar-refractivity contribution < 1.29 is 29.6 Å². The predicted molar refractivity (Wildman–Crippen MR) is 185 cm³/mol. The van der Waals surface area contributed by atoms with Gasteiger partial charge in [-0.3, -0.25) is 9.59 Å². The number of nitrogens with two attached hydrogens (primary N) is 1. The zero-order valence-electron chi connectivity index (χ0n) is 28.3. The summed E-state index contributed by atoms with van der Waals surface area (Å²) in [5.41, 5.74) is 9.38. The molecule has 1 aliphatic heterocycles. The second-order valence-corrected chi connectivity index (χ2v) is 13.8. The fourth-order valence-corrected chi connectivity index (χ4v) is 8.05. The number of benzene rings is 1. The fraction of sp³-hybridized carbons (Fsp3) is 0.526. The Kier molecular flexibility index (Phi) is 11.8. The molecule has 48 heavy (non-hydrogen) atoms. The number of carbonyl (C=O) groups excluding carboxylic acids is 2. The van der Waals surface area contributed by atoms with Crippen molar-refractivity contribution in [2.45, 2.75) is 76.2 Å². The number of ketones is 2. The molecule has 0 unspecified atom stereocenters. The molecular weight excluding hydrogens is 608 g/mol. The zero-order chi connectivity index (χ0) is 34.3. The second kappa shape index (κ2) is 16.0. The summed E-state index contributed by atoms with van der Waals surface area (Å²) in [6.07, 6.45) is 13.4. The first kappa shape index (κ1) is 35.4. The number of phenols is 1. The molecule has 5 atom stereocenters. The number of aromatic amines is 1. The van der Waals surface area contributed by atoms with E-state index in [9.17, 15) is 24.9 Å². The van der Waals surface area contributed by atoms with Crippen molar-refractivity contribution in [1.82, 2.24) is 15.6 Å². The Hall–Kier alpha value is -3.86. The Morgan fingerprint density at radius 1 is 1.19 bits per heavy atom. The van der Waals surface area contributed by atoms with Gasteiger partial charge in [0.2, 0.25) is 0 Å². The molecule has 10 heteroatoms. The molecule has 5 rings (SSSR count). The molecular formula is C38H52N4O6. The van der Waals surface area contributed by atoms with E-state index in [1.807, 2.05) is 49.7 Å². The van der Waals surface area contributed by atoms with Crippen molar-refractivity contribution in [2.75, 3.05) is 33.9 Å². The average molecular weight is 661 g/mol. The van der Waals surface area contributed by atoms with E-state index < -0.39 is 29.0 Å². The van der Waals surface area contributed by atoms with Crippen molar-refractivity contribution >= 4 is 11.6 Å². The van der Waals surface area contributed by atoms with Crippen LogP contribution in [0.15, 0.2) is 65.7 Å². The number of allylic oxidation sites excluding steroid dienone is 3. The maximum atomic E-state index is 13.1. The number of hydrogen-bond acceptors (Lipinski definition) is 9. The Labute approximate surface area is 283 Å². The molecule has 0 spiro atoms. The van der Waals surface area contributed by atoms with Crippen LogP contribution in [0.2, 0.25) is 0 Å². The Morgan fingerprint density at radius 2 is 1.98 bits per heavy atom. The lowest BCUT2D eigenvalue weighted by Gasteiger charge is -2.43. The molecule has 260 valence electrons. The Bertz CT molecular complexity index is 1530. The topological polar surface area (TPSA) is 170 Å². The number of aliphatic hydroxyl groups is 2. The van der Waals surface area contributed by atoms with Gasteiger partial charge in [0.25, 0.3) is 0 Å². The van der Waals surface area contributed by atoms with Gasteiger partial charge in [0.1, 0.15) is 5.82 Å². The highest BCUT2D eigenvalue weighted by Gasteiger charge is 2.45. The molecule has 1 fully saturated rings. The van der Waals surface area contributed by atoms with Gasteiger partial charge in [0.15, 0.2) is 29.2 Å². The molecule has 0 amide bonds. The van der Waals surface area contributed by atoms with Crippen molar-refractivity contribution in [3.05, 3.63) is 82.5 Å². The number of nitrogens with one attached hydrogen (secondary N) is 3. The average Bonchev–Trinajstić information content (AvgIpc) is 3.60. The first-order valence-electron chi connectivity index (χ1n) is 17.3. The first-order valence-corrected chi connectivity index (χ1v) is 17.3. The monoisotopic (exact) mass is 660 g/mol. The lowest BCUT2D eigenvalue weighted by molar-refractivity contribution is -0.138. The second-order valence-electron chi connectivity index (χ2n) is 13.8. The third kappa shape index (κ3) is 7.88. The minimum atomic E-state index is -1.64. The van der Waals surface area contributed by atoms with Crippen molar-refractivity contribution in [2.24, 2.45) is 23.0 Å². The number of aliphatic hydroxyl groups excluding tert-OH is 2. The van der Waals surface area contributed by atoms with E-state index in [4.69, 9.17) is 10.5 Å². The number of Topliss-reactive ketones (excluding diaryl/α,β-unsaturated/α-hetero) is 2. The van der Waals surface area contributed by atoms with E-state index in [-0.39, 0.29) is 37.4 Å². The number of hydrogen-bond donors (Lipinski definition) is 7. The number of dihydropyridines is 1. The number of aromatic nitrogens is 1. The predicted octanol–water partition coefficient (Wildman–Crippen LogP) is 3.93. The van der Waals surface area contributed by atoms with Crippen LogP contribution >= 0.6 is 0 Å². The van der Waals surface area contributed by atoms with Gasteiger partial charge < -0.3 is 41.4 Å². The number of rotatable bonds is 16. The largest absolute Gasteiger partial charge is 0.504 e. The van der Waals surface area contributed by atoms with Crippen LogP contribution in [0.1, 0.15) is 74.1 Å². The third-order valence-corrected chi connectivity index (χ3v) is 10.5. The molecule has 2 heterocycles. The van der Waals surface area contributed by atoms with E-state index >= 15 is 0 Å². The normalized spacial score (nSPS) is 24.4. The van der Waals surface area contributed by atoms with Crippen LogP contribution < -0.4 is 21.1 Å². The summed E-state index contributed by atoms with van der Waals surface area (Å²) in [6, 6.07) is 7.39. The van der Waals surface area contributed by atoms with Crippen LogP contribution in [-0.2, 0) is 22.4 Å². The number of aromatic hydroxyl groups is 1. The van der Waals surface area contributed by atoms with Gasteiger partial charge in [0, 0.05) is 53.7 Å². The molecule has 10 nitrogen and oxygen atoms in total. The van der Waals surface area contributed by atoms with Crippen LogP contribution in [0.5, 0.6) is 11.5 Å². The molecule has 0 radical (unpaired) electrons. The summed E-state index contributed by atoms with van der Waals surface area (Å²) in [6.45, 7) is 1.31. The van der Waals surface area contributed by atoms with Crippen molar-refractivity contribution in [3.8, 4) is 11.5 Å². The summed E-state index contributed by atoms with van der Waals surface area (Å²) >= 11 is 0. The number of ether oxygens (including phenoxy) is 1. The number of methoxy groups -OCH3 is 1. The van der Waals surface area contributed by atoms with Crippen molar-refractivity contribution in [3.63, 3.8) is 0 Å². The van der Waals surface area contributed by atoms with Gasteiger partial charge in [0.05, 0.1) is 13.7 Å². The van der Waals surface area contributed by atoms with E-state index in [0.717, 1.165) is 36.2 Å². The number of fused-ring (bicyclic) bond motifs is 1. The van der Waals surface area contributed by atoms with Crippen LogP contribution in [-0.4, -0.2) is 71.8 Å². The summed E-state index contributed by atoms with van der Waals surface area (Å²) in [5.74, 6) is 0.526. The van der Waals surface area contributed by atoms with Gasteiger partial charge >= 0.3 is 0 Å². The van der Waals surface area contributed by atoms with Crippen molar-refractivity contribution in [1.29, 1.82) is 0 Å².